The summed E-state index contributed by atoms with van der Waals surface area (Å²) in [6, 6.07) is 3.44. The third kappa shape index (κ3) is 3.44. The fourth-order valence-electron chi connectivity index (χ4n) is 2.42. The molecule has 1 unspecified atom stereocenters. The van der Waals surface area contributed by atoms with E-state index in [1.807, 2.05) is 32.1 Å². The Balaban J connectivity index is 2.01. The van der Waals surface area contributed by atoms with E-state index in [0.717, 1.165) is 5.57 Å². The van der Waals surface area contributed by atoms with Gasteiger partial charge in [-0.2, -0.15) is 0 Å². The van der Waals surface area contributed by atoms with Crippen LogP contribution in [0.25, 0.3) is 0 Å². The van der Waals surface area contributed by atoms with Crippen molar-refractivity contribution in [1.82, 2.24) is 15.4 Å². The van der Waals surface area contributed by atoms with Crippen LogP contribution in [0, 0.1) is 10.8 Å². The first kappa shape index (κ1) is 15.1. The number of carbonyl (C=O) groups excluding carboxylic acids is 1. The topological polar surface area (TPSA) is 69.1 Å². The standard InChI is InChI=1S/C16H20N4O/c1-12-6-4-8-16(2,14(12)17)11-20(3)19-15(21)13-7-5-9-18-10-13/h4-10,17H,11H2,1-3H3,(H,19,21). The monoisotopic (exact) mass is 284 g/mol. The Morgan fingerprint density at radius 1 is 1.52 bits per heavy atom. The molecule has 1 amide bonds. The predicted octanol–water partition coefficient (Wildman–Crippen LogP) is 2.20. The summed E-state index contributed by atoms with van der Waals surface area (Å²) < 4.78 is 0. The molecule has 0 saturated heterocycles. The van der Waals surface area contributed by atoms with Gasteiger partial charge in [0.15, 0.2) is 0 Å². The first-order chi connectivity index (χ1) is 9.92. The fraction of sp³-hybridized carbons (Fsp3) is 0.312. The van der Waals surface area contributed by atoms with Gasteiger partial charge in [-0.25, -0.2) is 5.01 Å². The minimum absolute atomic E-state index is 0.201. The minimum Gasteiger partial charge on any atom is -0.304 e. The van der Waals surface area contributed by atoms with Gasteiger partial charge in [-0.15, -0.1) is 0 Å². The van der Waals surface area contributed by atoms with Gasteiger partial charge < -0.3 is 5.41 Å². The number of allylic oxidation sites excluding steroid dienone is 3. The van der Waals surface area contributed by atoms with Crippen LogP contribution in [-0.2, 0) is 0 Å². The van der Waals surface area contributed by atoms with Crippen LogP contribution in [0.2, 0.25) is 0 Å². The molecule has 21 heavy (non-hydrogen) atoms. The molecule has 0 spiro atoms. The Hall–Kier alpha value is -2.27. The first-order valence-corrected chi connectivity index (χ1v) is 6.80. The second-order valence-corrected chi connectivity index (χ2v) is 5.54. The maximum Gasteiger partial charge on any atom is 0.267 e. The van der Waals surface area contributed by atoms with E-state index in [9.17, 15) is 4.79 Å². The molecule has 0 radical (unpaired) electrons. The lowest BCUT2D eigenvalue weighted by molar-refractivity contribution is 0.0806. The van der Waals surface area contributed by atoms with Gasteiger partial charge in [0, 0.05) is 37.1 Å². The number of carbonyl (C=O) groups is 1. The van der Waals surface area contributed by atoms with Gasteiger partial charge >= 0.3 is 0 Å². The molecule has 0 bridgehead atoms. The molecule has 1 atom stereocenters. The van der Waals surface area contributed by atoms with Crippen molar-refractivity contribution in [2.45, 2.75) is 13.8 Å². The summed E-state index contributed by atoms with van der Waals surface area (Å²) >= 11 is 0. The Morgan fingerprint density at radius 3 is 2.95 bits per heavy atom. The summed E-state index contributed by atoms with van der Waals surface area (Å²) in [5.41, 5.74) is 4.44. The summed E-state index contributed by atoms with van der Waals surface area (Å²) in [4.78, 5) is 16.0. The molecule has 0 saturated carbocycles. The molecule has 0 fully saturated rings. The number of hydrazine groups is 1. The minimum atomic E-state index is -0.407. The molecular weight excluding hydrogens is 264 g/mol. The van der Waals surface area contributed by atoms with Crippen LogP contribution >= 0.6 is 0 Å². The summed E-state index contributed by atoms with van der Waals surface area (Å²) in [6.07, 6.45) is 9.04. The molecule has 1 aliphatic carbocycles. The quantitative estimate of drug-likeness (QED) is 0.833. The zero-order chi connectivity index (χ0) is 15.5. The summed E-state index contributed by atoms with van der Waals surface area (Å²) in [6.45, 7) is 4.45. The smallest absolute Gasteiger partial charge is 0.267 e. The Labute approximate surface area is 124 Å². The molecule has 2 N–H and O–H groups in total. The van der Waals surface area contributed by atoms with E-state index in [1.54, 1.807) is 30.4 Å². The lowest BCUT2D eigenvalue weighted by Gasteiger charge is -2.33. The van der Waals surface area contributed by atoms with Gasteiger partial charge in [-0.05, 0) is 31.6 Å². The number of nitrogens with one attached hydrogen (secondary N) is 2. The van der Waals surface area contributed by atoms with E-state index in [4.69, 9.17) is 5.41 Å². The fourth-order valence-corrected chi connectivity index (χ4v) is 2.42. The van der Waals surface area contributed by atoms with Crippen molar-refractivity contribution in [1.29, 1.82) is 5.41 Å². The molecule has 0 aliphatic heterocycles. The normalized spacial score (nSPS) is 21.3. The lowest BCUT2D eigenvalue weighted by atomic mass is 9.78. The molecule has 5 heteroatoms. The number of hydrogen-bond donors (Lipinski definition) is 2. The van der Waals surface area contributed by atoms with Crippen molar-refractivity contribution < 1.29 is 4.79 Å². The van der Waals surface area contributed by atoms with E-state index in [0.29, 0.717) is 17.8 Å². The van der Waals surface area contributed by atoms with Crippen molar-refractivity contribution in [2.75, 3.05) is 13.6 Å². The van der Waals surface area contributed by atoms with Crippen LogP contribution in [0.3, 0.4) is 0 Å². The highest BCUT2D eigenvalue weighted by atomic mass is 16.2. The van der Waals surface area contributed by atoms with Gasteiger partial charge in [-0.1, -0.05) is 18.2 Å². The molecule has 1 aliphatic rings. The van der Waals surface area contributed by atoms with Crippen molar-refractivity contribution in [3.63, 3.8) is 0 Å². The number of nitrogens with zero attached hydrogens (tertiary/aromatic N) is 2. The Kier molecular flexibility index (Phi) is 4.33. The first-order valence-electron chi connectivity index (χ1n) is 6.80. The van der Waals surface area contributed by atoms with Crippen LogP contribution in [0.5, 0.6) is 0 Å². The van der Waals surface area contributed by atoms with Gasteiger partial charge in [0.25, 0.3) is 5.91 Å². The number of aromatic nitrogens is 1. The van der Waals surface area contributed by atoms with Gasteiger partial charge in [0.05, 0.1) is 5.56 Å². The average molecular weight is 284 g/mol. The molecule has 0 aromatic carbocycles. The zero-order valence-corrected chi connectivity index (χ0v) is 12.6. The molecular formula is C16H20N4O. The van der Waals surface area contributed by atoms with Crippen LogP contribution in [0.15, 0.2) is 48.3 Å². The SMILES string of the molecule is CC1=CC=CC(C)(CN(C)NC(=O)c2cccnc2)C1=N. The average Bonchev–Trinajstić information content (AvgIpc) is 2.45. The predicted molar refractivity (Wildman–Crippen MR) is 83.1 cm³/mol. The second-order valence-electron chi connectivity index (χ2n) is 5.54. The molecule has 5 nitrogen and oxygen atoms in total. The highest BCUT2D eigenvalue weighted by molar-refractivity contribution is 6.04. The Bertz CT molecular complexity index is 606. The zero-order valence-electron chi connectivity index (χ0n) is 12.6. The third-order valence-electron chi connectivity index (χ3n) is 3.56. The van der Waals surface area contributed by atoms with Crippen LogP contribution < -0.4 is 5.43 Å². The van der Waals surface area contributed by atoms with Crippen LogP contribution in [0.4, 0.5) is 0 Å². The van der Waals surface area contributed by atoms with Gasteiger partial charge in [-0.3, -0.25) is 15.2 Å². The summed E-state index contributed by atoms with van der Waals surface area (Å²) in [5, 5.41) is 9.93. The van der Waals surface area contributed by atoms with Crippen molar-refractivity contribution in [3.8, 4) is 0 Å². The van der Waals surface area contributed by atoms with Crippen molar-refractivity contribution >= 4 is 11.6 Å². The number of hydrogen-bond acceptors (Lipinski definition) is 4. The second kappa shape index (κ2) is 6.01. The van der Waals surface area contributed by atoms with E-state index in [1.165, 1.54) is 6.20 Å². The molecule has 110 valence electrons. The maximum absolute atomic E-state index is 12.1. The summed E-state index contributed by atoms with van der Waals surface area (Å²) in [5.74, 6) is -0.201. The lowest BCUT2D eigenvalue weighted by Crippen LogP contribution is -2.47. The highest BCUT2D eigenvalue weighted by Crippen LogP contribution is 2.28. The number of rotatable bonds is 4. The molecule has 1 heterocycles. The Morgan fingerprint density at radius 2 is 2.29 bits per heavy atom. The van der Waals surface area contributed by atoms with Gasteiger partial charge in [0.1, 0.15) is 0 Å². The number of pyridine rings is 1. The summed E-state index contributed by atoms with van der Waals surface area (Å²) in [7, 11) is 1.80. The van der Waals surface area contributed by atoms with Crippen molar-refractivity contribution in [3.05, 3.63) is 53.9 Å². The van der Waals surface area contributed by atoms with E-state index in [2.05, 4.69) is 10.4 Å². The number of amides is 1. The molecule has 1 aromatic rings. The van der Waals surface area contributed by atoms with E-state index < -0.39 is 5.41 Å². The third-order valence-corrected chi connectivity index (χ3v) is 3.56. The largest absolute Gasteiger partial charge is 0.304 e. The van der Waals surface area contributed by atoms with Crippen LogP contribution in [-0.4, -0.2) is 35.2 Å². The highest BCUT2D eigenvalue weighted by Gasteiger charge is 2.31. The molecule has 1 aromatic heterocycles. The van der Waals surface area contributed by atoms with Gasteiger partial charge in [0.2, 0.25) is 0 Å². The maximum atomic E-state index is 12.1. The van der Waals surface area contributed by atoms with E-state index in [-0.39, 0.29) is 5.91 Å². The van der Waals surface area contributed by atoms with Crippen LogP contribution in [0.1, 0.15) is 24.2 Å². The molecule has 2 rings (SSSR count). The van der Waals surface area contributed by atoms with E-state index >= 15 is 0 Å². The van der Waals surface area contributed by atoms with Crippen molar-refractivity contribution in [2.24, 2.45) is 5.41 Å².